The van der Waals surface area contributed by atoms with E-state index in [-0.39, 0.29) is 11.8 Å². The van der Waals surface area contributed by atoms with Crippen molar-refractivity contribution in [3.63, 3.8) is 0 Å². The molecule has 0 saturated carbocycles. The van der Waals surface area contributed by atoms with Crippen LogP contribution in [0.3, 0.4) is 0 Å². The Hall–Kier alpha value is -2.78. The molecule has 28 heavy (non-hydrogen) atoms. The number of benzene rings is 3. The zero-order valence-corrected chi connectivity index (χ0v) is 17.1. The quantitative estimate of drug-likeness (QED) is 0.595. The van der Waals surface area contributed by atoms with Crippen molar-refractivity contribution in [1.82, 2.24) is 0 Å². The predicted molar refractivity (Wildman–Crippen MR) is 115 cm³/mol. The summed E-state index contributed by atoms with van der Waals surface area (Å²) in [4.78, 5) is 0. The molecule has 0 radical (unpaired) electrons. The molecular formula is C25H30O3. The fourth-order valence-electron chi connectivity index (χ4n) is 3.44. The lowest BCUT2D eigenvalue weighted by atomic mass is 9.76. The molecule has 0 spiro atoms. The number of ether oxygens (including phenoxy) is 2. The average molecular weight is 379 g/mol. The van der Waals surface area contributed by atoms with Gasteiger partial charge in [0.05, 0.1) is 6.61 Å². The fraction of sp³-hybridized carbons (Fsp3) is 0.280. The number of phenols is 1. The van der Waals surface area contributed by atoms with Crippen molar-refractivity contribution >= 4 is 0 Å². The number of para-hydroxylation sites is 1. The minimum absolute atomic E-state index is 0.225. The van der Waals surface area contributed by atoms with Gasteiger partial charge < -0.3 is 14.6 Å². The summed E-state index contributed by atoms with van der Waals surface area (Å²) >= 11 is 0. The third-order valence-electron chi connectivity index (χ3n) is 4.55. The smallest absolute Gasteiger partial charge is 0.123 e. The maximum Gasteiger partial charge on any atom is 0.123 e. The van der Waals surface area contributed by atoms with Gasteiger partial charge in [-0.25, -0.2) is 0 Å². The first-order valence-electron chi connectivity index (χ1n) is 9.70. The van der Waals surface area contributed by atoms with Crippen LogP contribution in [0.2, 0.25) is 0 Å². The van der Waals surface area contributed by atoms with Crippen molar-refractivity contribution in [1.29, 1.82) is 0 Å². The topological polar surface area (TPSA) is 38.7 Å². The molecule has 0 aliphatic carbocycles. The lowest BCUT2D eigenvalue weighted by Gasteiger charge is -2.34. The second-order valence-corrected chi connectivity index (χ2v) is 6.34. The molecule has 148 valence electrons. The van der Waals surface area contributed by atoms with Gasteiger partial charge in [-0.2, -0.15) is 0 Å². The number of hydrogen-bond donors (Lipinski definition) is 1. The number of phenolic OH excluding ortho intramolecular Hbond substituents is 1. The molecule has 2 atom stereocenters. The zero-order chi connectivity index (χ0) is 20.4. The van der Waals surface area contributed by atoms with E-state index in [4.69, 9.17) is 4.74 Å². The largest absolute Gasteiger partial charge is 0.508 e. The van der Waals surface area contributed by atoms with E-state index in [0.29, 0.717) is 12.4 Å². The first kappa shape index (κ1) is 21.5. The summed E-state index contributed by atoms with van der Waals surface area (Å²) in [5.74, 6) is 1.74. The minimum Gasteiger partial charge on any atom is -0.508 e. The van der Waals surface area contributed by atoms with Crippen molar-refractivity contribution in [3.05, 3.63) is 95.6 Å². The van der Waals surface area contributed by atoms with Crippen LogP contribution in [0, 0.1) is 0 Å². The van der Waals surface area contributed by atoms with Gasteiger partial charge in [0, 0.05) is 31.6 Å². The normalized spacial score (nSPS) is 17.0. The molecule has 0 bridgehead atoms. The van der Waals surface area contributed by atoms with E-state index in [0.717, 1.165) is 5.75 Å². The Morgan fingerprint density at radius 2 is 1.36 bits per heavy atom. The summed E-state index contributed by atoms with van der Waals surface area (Å²) in [5.41, 5.74) is 3.69. The molecule has 1 heterocycles. The Kier molecular flexibility index (Phi) is 8.57. The van der Waals surface area contributed by atoms with E-state index in [1.807, 2.05) is 44.2 Å². The maximum atomic E-state index is 9.61. The molecule has 0 amide bonds. The first-order valence-corrected chi connectivity index (χ1v) is 9.70. The summed E-state index contributed by atoms with van der Waals surface area (Å²) in [7, 11) is 3.25. The Morgan fingerprint density at radius 1 is 0.786 bits per heavy atom. The molecule has 3 aromatic carbocycles. The molecule has 3 aromatic rings. The average Bonchev–Trinajstić information content (AvgIpc) is 2.76. The van der Waals surface area contributed by atoms with E-state index in [1.165, 1.54) is 16.7 Å². The van der Waals surface area contributed by atoms with E-state index < -0.39 is 0 Å². The molecular weight excluding hydrogens is 348 g/mol. The zero-order valence-electron chi connectivity index (χ0n) is 17.1. The van der Waals surface area contributed by atoms with Gasteiger partial charge in [-0.05, 0) is 29.3 Å². The molecule has 1 N–H and O–H groups in total. The van der Waals surface area contributed by atoms with Gasteiger partial charge in [-0.3, -0.25) is 0 Å². The number of fused-ring (bicyclic) bond motifs is 1. The van der Waals surface area contributed by atoms with E-state index in [2.05, 4.69) is 41.1 Å². The maximum absolute atomic E-state index is 9.61. The standard InChI is InChI=1S/C21H18O2.C2H6O.C2H6/c22-17-12-10-16(11-13-17)21-18-8-4-5-9-20(18)23-14-19(21)15-6-2-1-3-7-15;1-3-2;1-2/h1-13,19,21-22H,14H2;1-2H3;1-2H3. The van der Waals surface area contributed by atoms with Crippen molar-refractivity contribution in [2.45, 2.75) is 25.7 Å². The van der Waals surface area contributed by atoms with Gasteiger partial charge in [0.1, 0.15) is 11.5 Å². The van der Waals surface area contributed by atoms with Crippen molar-refractivity contribution < 1.29 is 14.6 Å². The van der Waals surface area contributed by atoms with Crippen LogP contribution < -0.4 is 4.74 Å². The Morgan fingerprint density at radius 3 is 2.00 bits per heavy atom. The van der Waals surface area contributed by atoms with Crippen LogP contribution >= 0.6 is 0 Å². The van der Waals surface area contributed by atoms with Crippen LogP contribution in [-0.2, 0) is 4.74 Å². The molecule has 3 heteroatoms. The lowest BCUT2D eigenvalue weighted by molar-refractivity contribution is 0.249. The van der Waals surface area contributed by atoms with Crippen LogP contribution in [0.1, 0.15) is 42.4 Å². The van der Waals surface area contributed by atoms with Crippen LogP contribution in [0.25, 0.3) is 0 Å². The molecule has 0 fully saturated rings. The summed E-state index contributed by atoms with van der Waals surface area (Å²) in [6.07, 6.45) is 0. The monoisotopic (exact) mass is 378 g/mol. The first-order chi connectivity index (χ1) is 13.7. The van der Waals surface area contributed by atoms with Gasteiger partial charge in [0.25, 0.3) is 0 Å². The number of rotatable bonds is 2. The Labute approximate surface area is 168 Å². The number of aromatic hydroxyl groups is 1. The second-order valence-electron chi connectivity index (χ2n) is 6.34. The molecule has 1 aliphatic rings. The summed E-state index contributed by atoms with van der Waals surface area (Å²) in [5, 5.41) is 9.61. The number of methoxy groups -OCH3 is 1. The third kappa shape index (κ3) is 5.14. The highest BCUT2D eigenvalue weighted by Gasteiger charge is 2.33. The van der Waals surface area contributed by atoms with E-state index in [9.17, 15) is 5.11 Å². The van der Waals surface area contributed by atoms with Gasteiger partial charge in [-0.15, -0.1) is 0 Å². The molecule has 3 nitrogen and oxygen atoms in total. The SMILES string of the molecule is CC.COC.Oc1ccc(C2c3ccccc3OCC2c2ccccc2)cc1. The van der Waals surface area contributed by atoms with Gasteiger partial charge >= 0.3 is 0 Å². The summed E-state index contributed by atoms with van der Waals surface area (Å²) < 4.78 is 10.3. The van der Waals surface area contributed by atoms with E-state index in [1.54, 1.807) is 26.4 Å². The van der Waals surface area contributed by atoms with Crippen LogP contribution in [0.15, 0.2) is 78.9 Å². The van der Waals surface area contributed by atoms with E-state index >= 15 is 0 Å². The molecule has 0 aromatic heterocycles. The second kappa shape index (κ2) is 11.2. The molecule has 0 saturated heterocycles. The van der Waals surface area contributed by atoms with Crippen LogP contribution in [0.5, 0.6) is 11.5 Å². The highest BCUT2D eigenvalue weighted by molar-refractivity contribution is 5.48. The Bertz CT molecular complexity index is 813. The fourth-order valence-corrected chi connectivity index (χ4v) is 3.44. The molecule has 4 rings (SSSR count). The van der Waals surface area contributed by atoms with Gasteiger partial charge in [0.15, 0.2) is 0 Å². The van der Waals surface area contributed by atoms with Gasteiger partial charge in [-0.1, -0.05) is 74.5 Å². The predicted octanol–water partition coefficient (Wildman–Crippen LogP) is 5.99. The summed E-state index contributed by atoms with van der Waals surface area (Å²) in [6, 6.07) is 26.3. The van der Waals surface area contributed by atoms with Crippen molar-refractivity contribution in [2.24, 2.45) is 0 Å². The third-order valence-corrected chi connectivity index (χ3v) is 4.55. The van der Waals surface area contributed by atoms with Crippen LogP contribution in [-0.4, -0.2) is 25.9 Å². The van der Waals surface area contributed by atoms with Crippen LogP contribution in [0.4, 0.5) is 0 Å². The molecule has 2 unspecified atom stereocenters. The van der Waals surface area contributed by atoms with Crippen molar-refractivity contribution in [2.75, 3.05) is 20.8 Å². The van der Waals surface area contributed by atoms with Gasteiger partial charge in [0.2, 0.25) is 0 Å². The Balaban J connectivity index is 0.000000514. The van der Waals surface area contributed by atoms with Crippen molar-refractivity contribution in [3.8, 4) is 11.5 Å². The minimum atomic E-state index is 0.225. The summed E-state index contributed by atoms with van der Waals surface area (Å²) in [6.45, 7) is 4.66. The lowest BCUT2D eigenvalue weighted by Crippen LogP contribution is -2.25. The molecule has 1 aliphatic heterocycles. The highest BCUT2D eigenvalue weighted by Crippen LogP contribution is 2.45. The highest BCUT2D eigenvalue weighted by atomic mass is 16.5. The number of hydrogen-bond acceptors (Lipinski definition) is 3.